The Morgan fingerprint density at radius 2 is 2.17 bits per heavy atom. The fourth-order valence-electron chi connectivity index (χ4n) is 1.74. The Morgan fingerprint density at radius 3 is 2.83 bits per heavy atom. The summed E-state index contributed by atoms with van der Waals surface area (Å²) in [6.45, 7) is 2.00. The number of nitrogens with one attached hydrogen (secondary N) is 1. The van der Waals surface area contributed by atoms with E-state index in [1.807, 2.05) is 42.6 Å². The van der Waals surface area contributed by atoms with Gasteiger partial charge in [0, 0.05) is 24.4 Å². The minimum atomic E-state index is 0.0509. The van der Waals surface area contributed by atoms with E-state index in [0.717, 1.165) is 10.6 Å². The van der Waals surface area contributed by atoms with Crippen LogP contribution in [0.1, 0.15) is 30.0 Å². The monoisotopic (exact) mass is 260 g/mol. The van der Waals surface area contributed by atoms with E-state index >= 15 is 0 Å². The smallest absolute Gasteiger partial charge is 0.220 e. The first-order valence-electron chi connectivity index (χ1n) is 5.98. The molecule has 1 amide bonds. The van der Waals surface area contributed by atoms with Crippen LogP contribution in [0, 0.1) is 0 Å². The Hall–Kier alpha value is -1.68. The molecule has 0 bridgehead atoms. The Labute approximate surface area is 111 Å². The SMILES string of the molecule is CC(NC(=O)CCc1nccs1)c1ccccc1. The highest BCUT2D eigenvalue weighted by Crippen LogP contribution is 2.12. The molecule has 4 heteroatoms. The van der Waals surface area contributed by atoms with E-state index in [-0.39, 0.29) is 11.9 Å². The van der Waals surface area contributed by atoms with Gasteiger partial charge in [-0.3, -0.25) is 4.79 Å². The molecule has 0 saturated carbocycles. The van der Waals surface area contributed by atoms with Gasteiger partial charge in [0.2, 0.25) is 5.91 Å². The van der Waals surface area contributed by atoms with Crippen molar-refractivity contribution < 1.29 is 4.79 Å². The highest BCUT2D eigenvalue weighted by atomic mass is 32.1. The molecule has 1 aromatic carbocycles. The number of aromatic nitrogens is 1. The normalized spacial score (nSPS) is 12.1. The van der Waals surface area contributed by atoms with Crippen molar-refractivity contribution in [2.45, 2.75) is 25.8 Å². The number of carbonyl (C=O) groups excluding carboxylic acids is 1. The number of hydrogen-bond acceptors (Lipinski definition) is 3. The predicted octanol–water partition coefficient (Wildman–Crippen LogP) is 2.95. The third-order valence-electron chi connectivity index (χ3n) is 2.73. The summed E-state index contributed by atoms with van der Waals surface area (Å²) in [4.78, 5) is 16.0. The fourth-order valence-corrected chi connectivity index (χ4v) is 2.36. The number of benzene rings is 1. The summed E-state index contributed by atoms with van der Waals surface area (Å²) in [5, 5.41) is 5.94. The largest absolute Gasteiger partial charge is 0.350 e. The molecule has 0 aliphatic rings. The Morgan fingerprint density at radius 1 is 1.39 bits per heavy atom. The predicted molar refractivity (Wildman–Crippen MR) is 73.4 cm³/mol. The second kappa shape index (κ2) is 6.31. The fraction of sp³-hybridized carbons (Fsp3) is 0.286. The molecule has 0 spiro atoms. The van der Waals surface area contributed by atoms with Gasteiger partial charge >= 0.3 is 0 Å². The van der Waals surface area contributed by atoms with Crippen molar-refractivity contribution in [2.24, 2.45) is 0 Å². The summed E-state index contributed by atoms with van der Waals surface area (Å²) in [7, 11) is 0. The summed E-state index contributed by atoms with van der Waals surface area (Å²) in [6.07, 6.45) is 2.97. The molecule has 1 unspecified atom stereocenters. The molecule has 1 atom stereocenters. The maximum absolute atomic E-state index is 11.8. The molecular weight excluding hydrogens is 244 g/mol. The molecule has 1 heterocycles. The van der Waals surface area contributed by atoms with Gasteiger partial charge in [-0.2, -0.15) is 0 Å². The highest BCUT2D eigenvalue weighted by molar-refractivity contribution is 7.09. The maximum Gasteiger partial charge on any atom is 0.220 e. The van der Waals surface area contributed by atoms with Crippen LogP contribution in [-0.4, -0.2) is 10.9 Å². The van der Waals surface area contributed by atoms with Crippen LogP contribution in [0.4, 0.5) is 0 Å². The van der Waals surface area contributed by atoms with E-state index in [1.165, 1.54) is 0 Å². The van der Waals surface area contributed by atoms with Crippen LogP contribution < -0.4 is 5.32 Å². The minimum Gasteiger partial charge on any atom is -0.350 e. The van der Waals surface area contributed by atoms with Crippen LogP contribution >= 0.6 is 11.3 Å². The first kappa shape index (κ1) is 12.8. The van der Waals surface area contributed by atoms with Gasteiger partial charge in [0.15, 0.2) is 0 Å². The van der Waals surface area contributed by atoms with Crippen molar-refractivity contribution in [3.63, 3.8) is 0 Å². The average Bonchev–Trinajstić information content (AvgIpc) is 2.90. The van der Waals surface area contributed by atoms with Crippen molar-refractivity contribution in [1.82, 2.24) is 10.3 Å². The molecule has 0 aliphatic carbocycles. The topological polar surface area (TPSA) is 42.0 Å². The Bertz CT molecular complexity index is 482. The van der Waals surface area contributed by atoms with E-state index in [2.05, 4.69) is 10.3 Å². The van der Waals surface area contributed by atoms with Crippen LogP contribution in [0.25, 0.3) is 0 Å². The van der Waals surface area contributed by atoms with Gasteiger partial charge in [0.1, 0.15) is 0 Å². The molecule has 2 aromatic rings. The second-order valence-corrected chi connectivity index (χ2v) is 5.10. The zero-order valence-corrected chi connectivity index (χ0v) is 11.1. The van der Waals surface area contributed by atoms with E-state index in [4.69, 9.17) is 0 Å². The Kier molecular flexibility index (Phi) is 4.47. The molecule has 0 fully saturated rings. The van der Waals surface area contributed by atoms with E-state index in [1.54, 1.807) is 17.5 Å². The molecule has 1 aromatic heterocycles. The standard InChI is InChI=1S/C14H16N2OS/c1-11(12-5-3-2-4-6-12)16-13(17)7-8-14-15-9-10-18-14/h2-6,9-11H,7-8H2,1H3,(H,16,17). The lowest BCUT2D eigenvalue weighted by molar-refractivity contribution is -0.121. The van der Waals surface area contributed by atoms with Gasteiger partial charge in [0.05, 0.1) is 11.0 Å². The summed E-state index contributed by atoms with van der Waals surface area (Å²) < 4.78 is 0. The van der Waals surface area contributed by atoms with Crippen molar-refractivity contribution in [2.75, 3.05) is 0 Å². The number of amides is 1. The number of rotatable bonds is 5. The van der Waals surface area contributed by atoms with Gasteiger partial charge in [-0.05, 0) is 12.5 Å². The van der Waals surface area contributed by atoms with Crippen LogP contribution in [-0.2, 0) is 11.2 Å². The summed E-state index contributed by atoms with van der Waals surface area (Å²) in [6, 6.07) is 10.0. The third kappa shape index (κ3) is 3.67. The van der Waals surface area contributed by atoms with E-state index in [9.17, 15) is 4.79 Å². The maximum atomic E-state index is 11.8. The van der Waals surface area contributed by atoms with E-state index < -0.39 is 0 Å². The number of nitrogens with zero attached hydrogens (tertiary/aromatic N) is 1. The van der Waals surface area contributed by atoms with Crippen molar-refractivity contribution in [1.29, 1.82) is 0 Å². The zero-order chi connectivity index (χ0) is 12.8. The number of hydrogen-bond donors (Lipinski definition) is 1. The van der Waals surface area contributed by atoms with Gasteiger partial charge in [0.25, 0.3) is 0 Å². The van der Waals surface area contributed by atoms with Gasteiger partial charge < -0.3 is 5.32 Å². The molecule has 18 heavy (non-hydrogen) atoms. The first-order chi connectivity index (χ1) is 8.75. The second-order valence-electron chi connectivity index (χ2n) is 4.13. The van der Waals surface area contributed by atoms with Crippen LogP contribution in [0.2, 0.25) is 0 Å². The quantitative estimate of drug-likeness (QED) is 0.898. The third-order valence-corrected chi connectivity index (χ3v) is 3.57. The van der Waals surface area contributed by atoms with Crippen molar-refractivity contribution in [3.8, 4) is 0 Å². The lowest BCUT2D eigenvalue weighted by Crippen LogP contribution is -2.26. The molecule has 2 rings (SSSR count). The van der Waals surface area contributed by atoms with Crippen molar-refractivity contribution >= 4 is 17.2 Å². The van der Waals surface area contributed by atoms with E-state index in [0.29, 0.717) is 12.8 Å². The lowest BCUT2D eigenvalue weighted by atomic mass is 10.1. The van der Waals surface area contributed by atoms with Crippen molar-refractivity contribution in [3.05, 3.63) is 52.5 Å². The molecular formula is C14H16N2OS. The molecule has 1 N–H and O–H groups in total. The van der Waals surface area contributed by atoms with Gasteiger partial charge in [-0.1, -0.05) is 30.3 Å². The zero-order valence-electron chi connectivity index (χ0n) is 10.3. The molecule has 94 valence electrons. The number of carbonyl (C=O) groups is 1. The molecule has 0 saturated heterocycles. The van der Waals surface area contributed by atoms with Gasteiger partial charge in [-0.25, -0.2) is 4.98 Å². The van der Waals surface area contributed by atoms with Crippen LogP contribution in [0.15, 0.2) is 41.9 Å². The summed E-state index contributed by atoms with van der Waals surface area (Å²) in [5.74, 6) is 0.0709. The molecule has 0 aliphatic heterocycles. The first-order valence-corrected chi connectivity index (χ1v) is 6.86. The molecule has 0 radical (unpaired) electrons. The van der Waals surface area contributed by atoms with Crippen LogP contribution in [0.5, 0.6) is 0 Å². The summed E-state index contributed by atoms with van der Waals surface area (Å²) in [5.41, 5.74) is 1.13. The number of thiazole rings is 1. The number of aryl methyl sites for hydroxylation is 1. The lowest BCUT2D eigenvalue weighted by Gasteiger charge is -2.13. The highest BCUT2D eigenvalue weighted by Gasteiger charge is 2.09. The Balaban J connectivity index is 1.80. The summed E-state index contributed by atoms with van der Waals surface area (Å²) >= 11 is 1.59. The van der Waals surface area contributed by atoms with Gasteiger partial charge in [-0.15, -0.1) is 11.3 Å². The van der Waals surface area contributed by atoms with Crippen LogP contribution in [0.3, 0.4) is 0 Å². The minimum absolute atomic E-state index is 0.0509. The average molecular weight is 260 g/mol. The molecule has 3 nitrogen and oxygen atoms in total.